The van der Waals surface area contributed by atoms with Gasteiger partial charge in [-0.1, -0.05) is 115 Å². The van der Waals surface area contributed by atoms with Crippen molar-refractivity contribution < 1.29 is 57.3 Å². The number of cyclic esters (lactones) is 4. The number of likely N-dealkylation sites (N-methyl/N-ethyl adjacent to an activating group) is 4. The Morgan fingerprint density at radius 3 is 0.943 bits per heavy atom. The summed E-state index contributed by atoms with van der Waals surface area (Å²) in [5.74, 6) is -7.51. The molecule has 18 heteroatoms. The van der Waals surface area contributed by atoms with Crippen LogP contribution >= 0.6 is 0 Å². The molecule has 0 saturated carbocycles. The summed E-state index contributed by atoms with van der Waals surface area (Å²) in [6.45, 7) is 17.4. The van der Waals surface area contributed by atoms with E-state index in [1.807, 2.05) is 55.4 Å². The number of carbonyl (C=O) groups excluding carboxylic acids is 8. The van der Waals surface area contributed by atoms with Gasteiger partial charge < -0.3 is 38.5 Å². The summed E-state index contributed by atoms with van der Waals surface area (Å²) in [7, 11) is 17.7. The van der Waals surface area contributed by atoms with Crippen LogP contribution in [-0.4, -0.2) is 160 Å². The molecular formula is C52H74B2N4O12. The molecule has 380 valence electrons. The number of nitrogens with zero attached hydrogens (tertiary/aromatic N) is 4. The summed E-state index contributed by atoms with van der Waals surface area (Å²) in [4.78, 5) is 120. The van der Waals surface area contributed by atoms with Crippen LogP contribution in [-0.2, 0) is 70.1 Å². The Morgan fingerprint density at radius 1 is 0.429 bits per heavy atom. The number of ether oxygens (including phenoxy) is 4. The first kappa shape index (κ1) is 58.6. The number of hydrogen-bond acceptors (Lipinski definition) is 12. The Bertz CT molecular complexity index is 2000. The second-order valence-electron chi connectivity index (χ2n) is 20.3. The van der Waals surface area contributed by atoms with E-state index in [9.17, 15) is 38.4 Å². The molecule has 2 aromatic rings. The van der Waals surface area contributed by atoms with Crippen LogP contribution in [0.3, 0.4) is 0 Å². The molecule has 0 aliphatic carbocycles. The van der Waals surface area contributed by atoms with E-state index in [1.54, 1.807) is 48.5 Å². The van der Waals surface area contributed by atoms with Crippen LogP contribution in [0.15, 0.2) is 48.5 Å². The van der Waals surface area contributed by atoms with Gasteiger partial charge in [0.1, 0.15) is 39.9 Å². The van der Waals surface area contributed by atoms with E-state index >= 15 is 0 Å². The minimum absolute atomic E-state index is 0.0812. The van der Waals surface area contributed by atoms with Crippen molar-refractivity contribution >= 4 is 74.1 Å². The van der Waals surface area contributed by atoms with Crippen molar-refractivity contribution in [2.75, 3.05) is 28.2 Å². The maximum absolute atomic E-state index is 14.7. The van der Waals surface area contributed by atoms with Crippen molar-refractivity contribution in [3.05, 3.63) is 59.7 Å². The fourth-order valence-electron chi connectivity index (χ4n) is 8.35. The van der Waals surface area contributed by atoms with Gasteiger partial charge in [-0.2, -0.15) is 0 Å². The average molecular weight is 969 g/mol. The second-order valence-corrected chi connectivity index (χ2v) is 20.3. The predicted octanol–water partition coefficient (Wildman–Crippen LogP) is 3.25. The number of hydrogen-bond donors (Lipinski definition) is 0. The van der Waals surface area contributed by atoms with E-state index in [4.69, 9.17) is 34.6 Å². The van der Waals surface area contributed by atoms with Crippen molar-refractivity contribution in [1.29, 1.82) is 0 Å². The van der Waals surface area contributed by atoms with Gasteiger partial charge in [-0.3, -0.25) is 19.2 Å². The van der Waals surface area contributed by atoms with Gasteiger partial charge in [0, 0.05) is 41.0 Å². The molecule has 4 radical (unpaired) electrons. The van der Waals surface area contributed by atoms with E-state index < -0.39 is 96.1 Å². The summed E-state index contributed by atoms with van der Waals surface area (Å²) in [5.41, 5.74) is 1.85. The summed E-state index contributed by atoms with van der Waals surface area (Å²) in [6.07, 6.45) is -6.04. The predicted molar refractivity (Wildman–Crippen MR) is 266 cm³/mol. The average Bonchev–Trinajstić information content (AvgIpc) is 3.27. The molecule has 0 spiro atoms. The maximum Gasteiger partial charge on any atom is 0.329 e. The van der Waals surface area contributed by atoms with Crippen molar-refractivity contribution in [2.24, 2.45) is 23.7 Å². The summed E-state index contributed by atoms with van der Waals surface area (Å²) in [5, 5.41) is 0. The van der Waals surface area contributed by atoms with Crippen LogP contribution in [0.1, 0.15) is 106 Å². The lowest BCUT2D eigenvalue weighted by atomic mass is 9.92. The van der Waals surface area contributed by atoms with Crippen LogP contribution in [0, 0.1) is 23.7 Å². The van der Waals surface area contributed by atoms with Gasteiger partial charge in [-0.05, 0) is 74.3 Å². The summed E-state index contributed by atoms with van der Waals surface area (Å²) in [6, 6.07) is 8.18. The molecule has 2 aromatic carbocycles. The Hall–Kier alpha value is -5.67. The van der Waals surface area contributed by atoms with E-state index in [2.05, 4.69) is 0 Å². The third-order valence-electron chi connectivity index (χ3n) is 12.2. The van der Waals surface area contributed by atoms with E-state index in [-0.39, 0.29) is 62.2 Å². The molecule has 0 aromatic heterocycles. The monoisotopic (exact) mass is 969 g/mol. The molecule has 1 aliphatic rings. The van der Waals surface area contributed by atoms with Gasteiger partial charge in [-0.25, -0.2) is 19.2 Å². The van der Waals surface area contributed by atoms with Crippen molar-refractivity contribution in [2.45, 2.75) is 156 Å². The fourth-order valence-corrected chi connectivity index (χ4v) is 8.35. The molecule has 3 rings (SSSR count). The van der Waals surface area contributed by atoms with Crippen LogP contribution in [0.4, 0.5) is 0 Å². The molecule has 0 unspecified atom stereocenters. The standard InChI is InChI=1S/C52H74B2N4O12/c1-29(2)21-39-49(63)67-33(9)45(59)55(11)42(24-32(7)8)52(66)70-44(28-36-18-16-20-38(54)26-36)48(62)58(14)40(22-30(3)4)50(64)68-34(10)46(60)56(12)41(23-31(5)6)51(65)69-43(47(61)57(39)13)27-35-17-15-19-37(53)25-35/h15-20,25-26,29-34,39-44H,21-24,27-28H2,1-14H3/t33-,34-,39+,40+,41+,42+,43-,44-/m1/s1. The number of carbonyl (C=O) groups is 8. The molecule has 8 atom stereocenters. The number of rotatable bonds is 12. The normalized spacial score (nSPS) is 24.8. The van der Waals surface area contributed by atoms with Crippen molar-refractivity contribution in [1.82, 2.24) is 19.6 Å². The number of esters is 4. The zero-order valence-corrected chi connectivity index (χ0v) is 43.6. The Labute approximate surface area is 417 Å². The van der Waals surface area contributed by atoms with Gasteiger partial charge in [0.25, 0.3) is 23.6 Å². The Balaban J connectivity index is 2.27. The van der Waals surface area contributed by atoms with Crippen molar-refractivity contribution in [3.63, 3.8) is 0 Å². The highest BCUT2D eigenvalue weighted by Gasteiger charge is 2.43. The topological polar surface area (TPSA) is 186 Å². The quantitative estimate of drug-likeness (QED) is 0.172. The van der Waals surface area contributed by atoms with Crippen LogP contribution in [0.2, 0.25) is 0 Å². The highest BCUT2D eigenvalue weighted by atomic mass is 16.6. The molecule has 4 amide bonds. The fraction of sp³-hybridized carbons (Fsp3) is 0.615. The molecule has 0 N–H and O–H groups in total. The molecule has 0 bridgehead atoms. The first-order chi connectivity index (χ1) is 32.6. The molecular weight excluding hydrogens is 894 g/mol. The van der Waals surface area contributed by atoms with E-state index in [1.165, 1.54) is 42.0 Å². The van der Waals surface area contributed by atoms with Crippen LogP contribution < -0.4 is 10.9 Å². The summed E-state index contributed by atoms with van der Waals surface area (Å²) >= 11 is 0. The molecule has 1 saturated heterocycles. The SMILES string of the molecule is [B]c1cccc(C[C@H]2OC(=O)[C@H](CC(C)C)N(C)C(=O)[C@@H](C)OC(=O)[C@H](CC(C)C)N(C)C(=O)[C@@H](Cc3cccc([B])c3)OC(=O)[C@H](CC(C)C)N(C)C(=O)[C@@H](C)OC(=O)[C@H](CC(C)C)N(C)C2=O)c1. The number of amides is 4. The van der Waals surface area contributed by atoms with Gasteiger partial charge in [0.05, 0.1) is 0 Å². The van der Waals surface area contributed by atoms with Gasteiger partial charge >= 0.3 is 23.9 Å². The van der Waals surface area contributed by atoms with Crippen LogP contribution in [0.25, 0.3) is 0 Å². The van der Waals surface area contributed by atoms with Crippen molar-refractivity contribution in [3.8, 4) is 0 Å². The van der Waals surface area contributed by atoms with E-state index in [0.29, 0.717) is 22.1 Å². The molecule has 70 heavy (non-hydrogen) atoms. The molecule has 1 heterocycles. The highest BCUT2D eigenvalue weighted by molar-refractivity contribution is 6.32. The molecule has 1 aliphatic heterocycles. The molecule has 16 nitrogen and oxygen atoms in total. The van der Waals surface area contributed by atoms with Crippen LogP contribution in [0.5, 0.6) is 0 Å². The highest BCUT2D eigenvalue weighted by Crippen LogP contribution is 2.24. The van der Waals surface area contributed by atoms with E-state index in [0.717, 1.165) is 19.6 Å². The lowest BCUT2D eigenvalue weighted by Crippen LogP contribution is -2.55. The summed E-state index contributed by atoms with van der Waals surface area (Å²) < 4.78 is 23.8. The van der Waals surface area contributed by atoms with Gasteiger partial charge in [0.2, 0.25) is 0 Å². The second kappa shape index (κ2) is 26.5. The minimum atomic E-state index is -1.54. The smallest absolute Gasteiger partial charge is 0.329 e. The van der Waals surface area contributed by atoms with Gasteiger partial charge in [0.15, 0.2) is 24.4 Å². The third kappa shape index (κ3) is 16.7. The maximum atomic E-state index is 14.7. The minimum Gasteiger partial charge on any atom is -0.451 e. The number of benzene rings is 2. The first-order valence-corrected chi connectivity index (χ1v) is 24.2. The lowest BCUT2D eigenvalue weighted by Gasteiger charge is -2.35. The Kier molecular flexibility index (Phi) is 22.2. The largest absolute Gasteiger partial charge is 0.451 e. The third-order valence-corrected chi connectivity index (χ3v) is 12.2. The zero-order chi connectivity index (χ0) is 52.9. The molecule has 1 fully saturated rings. The lowest BCUT2D eigenvalue weighted by molar-refractivity contribution is -0.176. The Morgan fingerprint density at radius 2 is 0.686 bits per heavy atom. The van der Waals surface area contributed by atoms with Gasteiger partial charge in [-0.15, -0.1) is 0 Å². The first-order valence-electron chi connectivity index (χ1n) is 24.2. The zero-order valence-electron chi connectivity index (χ0n) is 43.6.